The molecule has 2 aromatic heterocycles. The Kier molecular flexibility index (Phi) is 5.50. The summed E-state index contributed by atoms with van der Waals surface area (Å²) < 4.78 is 5.14. The van der Waals surface area contributed by atoms with Gasteiger partial charge in [-0.15, -0.1) is 11.3 Å². The van der Waals surface area contributed by atoms with Gasteiger partial charge in [-0.3, -0.25) is 4.57 Å². The van der Waals surface area contributed by atoms with Gasteiger partial charge in [-0.2, -0.15) is 0 Å². The Balaban J connectivity index is 1.25. The summed E-state index contributed by atoms with van der Waals surface area (Å²) in [4.78, 5) is 5.81. The van der Waals surface area contributed by atoms with Crippen LogP contribution in [-0.2, 0) is 11.8 Å². The molecule has 2 aliphatic carbocycles. The number of benzene rings is 6. The summed E-state index contributed by atoms with van der Waals surface area (Å²) >= 11 is 1.88. The van der Waals surface area contributed by atoms with Crippen LogP contribution in [0.4, 0.5) is 0 Å². The molecular weight excluding hydrogens is 615 g/mol. The number of aryl methyl sites for hydroxylation is 1. The SMILES string of the molecule is CC1(C)C2=C(N=C(n3c4cc5ccccc5cc4c4ccc5c(c43)C=CCC5)C(c3ccc4c(c3)sc3ccccc34)N2)c2ccccc21. The first kappa shape index (κ1) is 27.5. The van der Waals surface area contributed by atoms with Crippen LogP contribution in [0.3, 0.4) is 0 Å². The Morgan fingerprint density at radius 1 is 0.755 bits per heavy atom. The second-order valence-electron chi connectivity index (χ2n) is 14.3. The van der Waals surface area contributed by atoms with E-state index in [1.807, 2.05) is 11.3 Å². The number of hydrogen-bond acceptors (Lipinski definition) is 3. The Morgan fingerprint density at radius 2 is 1.53 bits per heavy atom. The molecule has 1 aliphatic heterocycles. The van der Waals surface area contributed by atoms with Crippen molar-refractivity contribution in [2.75, 3.05) is 0 Å². The summed E-state index contributed by atoms with van der Waals surface area (Å²) in [6.45, 7) is 4.67. The zero-order valence-electron chi connectivity index (χ0n) is 27.4. The number of hydrogen-bond donors (Lipinski definition) is 1. The van der Waals surface area contributed by atoms with Crippen molar-refractivity contribution < 1.29 is 0 Å². The van der Waals surface area contributed by atoms with Gasteiger partial charge in [0.2, 0.25) is 0 Å². The molecule has 4 heteroatoms. The molecule has 6 aromatic carbocycles. The lowest BCUT2D eigenvalue weighted by molar-refractivity contribution is 0.551. The highest BCUT2D eigenvalue weighted by Crippen LogP contribution is 2.49. The van der Waals surface area contributed by atoms with Gasteiger partial charge in [-0.1, -0.05) is 117 Å². The maximum Gasteiger partial charge on any atom is 0.141 e. The summed E-state index contributed by atoms with van der Waals surface area (Å²) in [6, 6.07) is 42.7. The topological polar surface area (TPSA) is 29.3 Å². The second-order valence-corrected chi connectivity index (χ2v) is 15.4. The second kappa shape index (κ2) is 9.81. The van der Waals surface area contributed by atoms with Crippen molar-refractivity contribution in [1.29, 1.82) is 0 Å². The fourth-order valence-electron chi connectivity index (χ4n) is 8.83. The third kappa shape index (κ3) is 3.75. The van der Waals surface area contributed by atoms with Crippen LogP contribution in [0.25, 0.3) is 64.5 Å². The Morgan fingerprint density at radius 3 is 2.45 bits per heavy atom. The van der Waals surface area contributed by atoms with Crippen LogP contribution < -0.4 is 5.32 Å². The average molecular weight is 648 g/mol. The Labute approximate surface area is 288 Å². The quantitative estimate of drug-likeness (QED) is 0.189. The van der Waals surface area contributed by atoms with Gasteiger partial charge in [0.25, 0.3) is 0 Å². The molecule has 8 aromatic rings. The van der Waals surface area contributed by atoms with E-state index in [1.165, 1.54) is 86.3 Å². The van der Waals surface area contributed by atoms with E-state index in [0.29, 0.717) is 0 Å². The normalized spacial score (nSPS) is 17.9. The summed E-state index contributed by atoms with van der Waals surface area (Å²) in [7, 11) is 0. The molecule has 0 fully saturated rings. The van der Waals surface area contributed by atoms with E-state index in [-0.39, 0.29) is 11.5 Å². The lowest BCUT2D eigenvalue weighted by Gasteiger charge is -2.34. The van der Waals surface area contributed by atoms with Gasteiger partial charge >= 0.3 is 0 Å². The van der Waals surface area contributed by atoms with Crippen LogP contribution in [0.2, 0.25) is 0 Å². The predicted octanol–water partition coefficient (Wildman–Crippen LogP) is 11.5. The molecule has 11 rings (SSSR count). The van der Waals surface area contributed by atoms with Crippen molar-refractivity contribution >= 4 is 81.7 Å². The Hall–Kier alpha value is -5.45. The highest BCUT2D eigenvalue weighted by atomic mass is 32.1. The van der Waals surface area contributed by atoms with Crippen molar-refractivity contribution in [2.45, 2.75) is 38.1 Å². The number of rotatable bonds is 1. The molecule has 3 heterocycles. The summed E-state index contributed by atoms with van der Waals surface area (Å²) in [5, 5.41) is 11.8. The molecule has 1 atom stereocenters. The molecular formula is C45H33N3S. The molecule has 3 aliphatic rings. The number of thiophene rings is 1. The molecule has 1 N–H and O–H groups in total. The fourth-order valence-corrected chi connectivity index (χ4v) is 9.98. The van der Waals surface area contributed by atoms with Crippen molar-refractivity contribution in [1.82, 2.24) is 9.88 Å². The third-order valence-electron chi connectivity index (χ3n) is 11.2. The zero-order valence-corrected chi connectivity index (χ0v) is 28.2. The largest absolute Gasteiger partial charge is 0.372 e. The van der Waals surface area contributed by atoms with E-state index >= 15 is 0 Å². The summed E-state index contributed by atoms with van der Waals surface area (Å²) in [5.74, 6) is 1.02. The van der Waals surface area contributed by atoms with Gasteiger partial charge in [-0.25, -0.2) is 4.99 Å². The lowest BCUT2D eigenvalue weighted by atomic mass is 9.84. The molecule has 0 radical (unpaired) electrons. The molecule has 49 heavy (non-hydrogen) atoms. The third-order valence-corrected chi connectivity index (χ3v) is 12.4. The number of nitrogens with one attached hydrogen (secondary N) is 1. The number of aromatic nitrogens is 1. The number of nitrogens with zero attached hydrogens (tertiary/aromatic N) is 2. The summed E-state index contributed by atoms with van der Waals surface area (Å²) in [5.41, 5.74) is 11.0. The average Bonchev–Trinajstić information content (AvgIpc) is 3.75. The molecule has 0 bridgehead atoms. The van der Waals surface area contributed by atoms with Crippen molar-refractivity contribution in [2.24, 2.45) is 4.99 Å². The van der Waals surface area contributed by atoms with Crippen molar-refractivity contribution in [3.63, 3.8) is 0 Å². The van der Waals surface area contributed by atoms with E-state index in [2.05, 4.69) is 151 Å². The van der Waals surface area contributed by atoms with E-state index in [4.69, 9.17) is 4.99 Å². The molecule has 0 saturated heterocycles. The molecule has 0 spiro atoms. The first-order valence-corrected chi connectivity index (χ1v) is 18.1. The molecule has 3 nitrogen and oxygen atoms in total. The molecule has 1 unspecified atom stereocenters. The van der Waals surface area contributed by atoms with Crippen LogP contribution >= 0.6 is 11.3 Å². The van der Waals surface area contributed by atoms with Crippen LogP contribution in [0.5, 0.6) is 0 Å². The summed E-state index contributed by atoms with van der Waals surface area (Å²) in [6.07, 6.45) is 6.82. The maximum absolute atomic E-state index is 5.81. The highest BCUT2D eigenvalue weighted by Gasteiger charge is 2.43. The van der Waals surface area contributed by atoms with Crippen LogP contribution in [0.1, 0.15) is 54.1 Å². The van der Waals surface area contributed by atoms with Gasteiger partial charge in [0.05, 0.1) is 16.7 Å². The van der Waals surface area contributed by atoms with Crippen LogP contribution in [0.15, 0.2) is 132 Å². The van der Waals surface area contributed by atoms with Gasteiger partial charge in [0.15, 0.2) is 0 Å². The highest BCUT2D eigenvalue weighted by molar-refractivity contribution is 7.25. The molecule has 0 saturated carbocycles. The maximum atomic E-state index is 5.81. The zero-order chi connectivity index (χ0) is 32.4. The minimum absolute atomic E-state index is 0.157. The first-order valence-electron chi connectivity index (χ1n) is 17.3. The predicted molar refractivity (Wildman–Crippen MR) is 209 cm³/mol. The minimum atomic E-state index is -0.195. The number of allylic oxidation sites excluding steroid dienone is 2. The van der Waals surface area contributed by atoms with Crippen molar-refractivity contribution in [3.8, 4) is 0 Å². The van der Waals surface area contributed by atoms with E-state index in [0.717, 1.165) is 24.4 Å². The van der Waals surface area contributed by atoms with E-state index in [9.17, 15) is 0 Å². The lowest BCUT2D eigenvalue weighted by Crippen LogP contribution is -2.39. The van der Waals surface area contributed by atoms with Crippen molar-refractivity contribution in [3.05, 3.63) is 155 Å². The van der Waals surface area contributed by atoms with Gasteiger partial charge in [-0.05, 0) is 64.6 Å². The molecule has 234 valence electrons. The monoisotopic (exact) mass is 647 g/mol. The van der Waals surface area contributed by atoms with E-state index < -0.39 is 0 Å². The van der Waals surface area contributed by atoms with Gasteiger partial charge < -0.3 is 5.32 Å². The van der Waals surface area contributed by atoms with Gasteiger partial charge in [0.1, 0.15) is 11.9 Å². The smallest absolute Gasteiger partial charge is 0.141 e. The fraction of sp³-hybridized carbons (Fsp3) is 0.133. The van der Waals surface area contributed by atoms with E-state index in [1.54, 1.807) is 0 Å². The Bertz CT molecular complexity index is 2840. The van der Waals surface area contributed by atoms with Crippen LogP contribution in [0, 0.1) is 0 Å². The number of aliphatic imine (C=N–C) groups is 1. The first-order chi connectivity index (χ1) is 24.0. The van der Waals surface area contributed by atoms with Gasteiger partial charge in [0, 0.05) is 53.2 Å². The van der Waals surface area contributed by atoms with Crippen LogP contribution in [-0.4, -0.2) is 10.4 Å². The minimum Gasteiger partial charge on any atom is -0.372 e. The number of fused-ring (bicyclic) bond motifs is 11. The standard InChI is InChI=1S/C45H33N3S/c1-45(2)36-17-9-7-16-34(36)41-43(45)46-40(29-20-21-32-31-15-8-10-18-38(31)49-39(32)25-29)44(47-41)48-37-24-28-13-4-3-12-27(28)23-35(37)33-22-19-26-11-5-6-14-30(26)42(33)48/h3-4,6-10,12-25,40,46H,5,11H2,1-2H3. The molecule has 0 amide bonds.